The number of aryl methyl sites for hydroxylation is 1. The van der Waals surface area contributed by atoms with Gasteiger partial charge in [-0.05, 0) is 31.0 Å². The lowest BCUT2D eigenvalue weighted by Crippen LogP contribution is -2.34. The van der Waals surface area contributed by atoms with E-state index in [2.05, 4.69) is 15.0 Å². The van der Waals surface area contributed by atoms with Gasteiger partial charge >= 0.3 is 5.97 Å². The van der Waals surface area contributed by atoms with Crippen LogP contribution in [-0.4, -0.2) is 43.8 Å². The first-order valence-electron chi connectivity index (χ1n) is 7.73. The second kappa shape index (κ2) is 6.86. The zero-order valence-electron chi connectivity index (χ0n) is 13.2. The van der Waals surface area contributed by atoms with Gasteiger partial charge in [-0.1, -0.05) is 11.6 Å². The summed E-state index contributed by atoms with van der Waals surface area (Å²) in [5.74, 6) is -1.43. The van der Waals surface area contributed by atoms with Crippen molar-refractivity contribution < 1.29 is 14.3 Å². The number of nitrogens with zero attached hydrogens (tertiary/aromatic N) is 4. The molecule has 6 nitrogen and oxygen atoms in total. The number of pyridine rings is 1. The number of rotatable bonds is 4. The van der Waals surface area contributed by atoms with E-state index in [1.54, 1.807) is 13.2 Å². The molecule has 1 aliphatic rings. The third-order valence-corrected chi connectivity index (χ3v) is 4.52. The predicted octanol–water partition coefficient (Wildman–Crippen LogP) is 2.69. The molecule has 1 fully saturated rings. The van der Waals surface area contributed by atoms with E-state index >= 15 is 0 Å². The molecule has 24 heavy (non-hydrogen) atoms. The number of hydrogen-bond acceptors (Lipinski definition) is 4. The van der Waals surface area contributed by atoms with Gasteiger partial charge in [-0.3, -0.25) is 9.58 Å². The van der Waals surface area contributed by atoms with Crippen molar-refractivity contribution in [1.82, 2.24) is 19.7 Å². The van der Waals surface area contributed by atoms with Crippen molar-refractivity contribution in [3.63, 3.8) is 0 Å². The lowest BCUT2D eigenvalue weighted by atomic mass is 9.92. The minimum Gasteiger partial charge on any atom is -0.478 e. The number of carbonyl (C=O) groups is 1. The molecule has 1 saturated heterocycles. The Morgan fingerprint density at radius 1 is 1.54 bits per heavy atom. The number of halogens is 2. The number of likely N-dealkylation sites (tertiary alicyclic amines) is 1. The van der Waals surface area contributed by atoms with Crippen LogP contribution in [0.5, 0.6) is 0 Å². The fourth-order valence-electron chi connectivity index (χ4n) is 3.20. The topological polar surface area (TPSA) is 71.2 Å². The molecule has 0 amide bonds. The third-order valence-electron chi connectivity index (χ3n) is 4.24. The zero-order chi connectivity index (χ0) is 17.3. The van der Waals surface area contributed by atoms with Crippen LogP contribution < -0.4 is 0 Å². The molecule has 0 bridgehead atoms. The Morgan fingerprint density at radius 2 is 2.33 bits per heavy atom. The highest BCUT2D eigenvalue weighted by molar-refractivity contribution is 6.29. The van der Waals surface area contributed by atoms with Gasteiger partial charge in [0, 0.05) is 38.4 Å². The largest absolute Gasteiger partial charge is 0.478 e. The summed E-state index contributed by atoms with van der Waals surface area (Å²) in [6.45, 7) is 2.10. The predicted molar refractivity (Wildman–Crippen MR) is 86.6 cm³/mol. The molecule has 0 spiro atoms. The molecule has 8 heteroatoms. The van der Waals surface area contributed by atoms with Gasteiger partial charge in [-0.2, -0.15) is 5.10 Å². The summed E-state index contributed by atoms with van der Waals surface area (Å²) in [4.78, 5) is 17.4. The van der Waals surface area contributed by atoms with Crippen LogP contribution in [0, 0.1) is 5.82 Å². The van der Waals surface area contributed by atoms with Gasteiger partial charge in [0.1, 0.15) is 5.56 Å². The van der Waals surface area contributed by atoms with E-state index in [-0.39, 0.29) is 16.6 Å². The van der Waals surface area contributed by atoms with Gasteiger partial charge in [0.25, 0.3) is 0 Å². The molecule has 0 radical (unpaired) electrons. The Kier molecular flexibility index (Phi) is 4.82. The maximum Gasteiger partial charge on any atom is 0.339 e. The number of piperidine rings is 1. The summed E-state index contributed by atoms with van der Waals surface area (Å²) >= 11 is 5.61. The van der Waals surface area contributed by atoms with Crippen LogP contribution in [0.4, 0.5) is 4.39 Å². The van der Waals surface area contributed by atoms with Crippen molar-refractivity contribution in [2.24, 2.45) is 7.05 Å². The number of aromatic carboxylic acids is 1. The van der Waals surface area contributed by atoms with Crippen LogP contribution in [0.15, 0.2) is 18.5 Å². The van der Waals surface area contributed by atoms with Gasteiger partial charge in [0.15, 0.2) is 11.0 Å². The van der Waals surface area contributed by atoms with Crippen molar-refractivity contribution in [2.75, 3.05) is 13.1 Å². The Balaban J connectivity index is 1.75. The quantitative estimate of drug-likeness (QED) is 0.857. The molecule has 1 unspecified atom stereocenters. The summed E-state index contributed by atoms with van der Waals surface area (Å²) < 4.78 is 15.1. The number of hydrogen-bond donors (Lipinski definition) is 1. The zero-order valence-corrected chi connectivity index (χ0v) is 14.0. The maximum atomic E-state index is 13.5. The standard InChI is InChI=1S/C16H18ClFN4O2/c1-21-9-12(16(23)24)14(20-21)11-3-2-4-22(8-11)7-10-5-13(18)15(17)19-6-10/h5-6,9,11H,2-4,7-8H2,1H3,(H,23,24). The van der Waals surface area contributed by atoms with Gasteiger partial charge in [0.2, 0.25) is 0 Å². The SMILES string of the molecule is Cn1cc(C(=O)O)c(C2CCCN(Cc3cnc(Cl)c(F)c3)C2)n1. The summed E-state index contributed by atoms with van der Waals surface area (Å²) in [6.07, 6.45) is 4.93. The molecule has 0 aliphatic carbocycles. The first-order valence-corrected chi connectivity index (χ1v) is 8.11. The number of carboxylic acids is 1. The normalized spacial score (nSPS) is 18.7. The van der Waals surface area contributed by atoms with Crippen LogP contribution in [-0.2, 0) is 13.6 Å². The summed E-state index contributed by atoms with van der Waals surface area (Å²) in [5.41, 5.74) is 1.62. The Hall–Kier alpha value is -1.99. The Bertz CT molecular complexity index is 765. The lowest BCUT2D eigenvalue weighted by Gasteiger charge is -2.32. The minimum atomic E-state index is -0.959. The monoisotopic (exact) mass is 352 g/mol. The van der Waals surface area contributed by atoms with Crippen molar-refractivity contribution in [3.8, 4) is 0 Å². The van der Waals surface area contributed by atoms with Crippen LogP contribution >= 0.6 is 11.6 Å². The average molecular weight is 353 g/mol. The molecule has 2 aromatic rings. The van der Waals surface area contributed by atoms with E-state index in [1.807, 2.05) is 0 Å². The highest BCUT2D eigenvalue weighted by Gasteiger charge is 2.28. The Labute approximate surface area is 143 Å². The second-order valence-electron chi connectivity index (χ2n) is 6.10. The minimum absolute atomic E-state index is 0.0520. The summed E-state index contributed by atoms with van der Waals surface area (Å²) in [6, 6.07) is 1.39. The molecule has 1 atom stereocenters. The van der Waals surface area contributed by atoms with E-state index in [1.165, 1.54) is 16.9 Å². The van der Waals surface area contributed by atoms with Crippen LogP contribution in [0.3, 0.4) is 0 Å². The molecule has 1 aliphatic heterocycles. The van der Waals surface area contributed by atoms with Gasteiger partial charge in [0.05, 0.1) is 5.69 Å². The van der Waals surface area contributed by atoms with Gasteiger partial charge in [-0.25, -0.2) is 14.2 Å². The summed E-state index contributed by atoms with van der Waals surface area (Å²) in [5, 5.41) is 13.6. The van der Waals surface area contributed by atoms with Crippen molar-refractivity contribution in [1.29, 1.82) is 0 Å². The number of carboxylic acid groups (broad SMARTS) is 1. The molecule has 0 saturated carbocycles. The first-order chi connectivity index (χ1) is 11.4. The molecule has 3 rings (SSSR count). The number of aromatic nitrogens is 3. The Morgan fingerprint density at radius 3 is 3.04 bits per heavy atom. The molecule has 2 aromatic heterocycles. The van der Waals surface area contributed by atoms with E-state index in [0.29, 0.717) is 18.8 Å². The maximum absolute atomic E-state index is 13.5. The van der Waals surface area contributed by atoms with Crippen molar-refractivity contribution in [3.05, 3.63) is 46.3 Å². The van der Waals surface area contributed by atoms with E-state index in [0.717, 1.165) is 24.9 Å². The molecule has 128 valence electrons. The second-order valence-corrected chi connectivity index (χ2v) is 6.46. The highest BCUT2D eigenvalue weighted by atomic mass is 35.5. The van der Waals surface area contributed by atoms with Crippen LogP contribution in [0.25, 0.3) is 0 Å². The lowest BCUT2D eigenvalue weighted by molar-refractivity contribution is 0.0694. The first kappa shape index (κ1) is 16.9. The van der Waals surface area contributed by atoms with E-state index in [9.17, 15) is 14.3 Å². The van der Waals surface area contributed by atoms with Crippen LogP contribution in [0.2, 0.25) is 5.15 Å². The fourth-order valence-corrected chi connectivity index (χ4v) is 3.30. The fraction of sp³-hybridized carbons (Fsp3) is 0.438. The van der Waals surface area contributed by atoms with E-state index in [4.69, 9.17) is 11.6 Å². The van der Waals surface area contributed by atoms with Gasteiger partial charge in [-0.15, -0.1) is 0 Å². The van der Waals surface area contributed by atoms with Crippen LogP contribution in [0.1, 0.15) is 40.4 Å². The average Bonchev–Trinajstić information content (AvgIpc) is 2.94. The molecular formula is C16H18ClFN4O2. The van der Waals surface area contributed by atoms with Crippen molar-refractivity contribution >= 4 is 17.6 Å². The molecule has 1 N–H and O–H groups in total. The third kappa shape index (κ3) is 3.57. The van der Waals surface area contributed by atoms with Crippen molar-refractivity contribution in [2.45, 2.75) is 25.3 Å². The smallest absolute Gasteiger partial charge is 0.339 e. The highest BCUT2D eigenvalue weighted by Crippen LogP contribution is 2.29. The van der Waals surface area contributed by atoms with E-state index < -0.39 is 11.8 Å². The molecule has 3 heterocycles. The van der Waals surface area contributed by atoms with Gasteiger partial charge < -0.3 is 5.11 Å². The summed E-state index contributed by atoms with van der Waals surface area (Å²) in [7, 11) is 1.72. The molecular weight excluding hydrogens is 335 g/mol. The molecule has 0 aromatic carbocycles.